The van der Waals surface area contributed by atoms with E-state index in [0.29, 0.717) is 5.75 Å². The predicted molar refractivity (Wildman–Crippen MR) is 88.6 cm³/mol. The molecule has 1 N–H and O–H groups in total. The molecule has 3 atom stereocenters. The number of hydrogen-bond donors (Lipinski definition) is 1. The van der Waals surface area contributed by atoms with Crippen molar-refractivity contribution >= 4 is 6.08 Å². The van der Waals surface area contributed by atoms with E-state index in [-0.39, 0.29) is 12.7 Å². The van der Waals surface area contributed by atoms with Gasteiger partial charge in [-0.15, -0.1) is 0 Å². The number of aliphatic hydroxyl groups excluding tert-OH is 1. The zero-order valence-electron chi connectivity index (χ0n) is 13.0. The second-order valence-electron chi connectivity index (χ2n) is 5.39. The Morgan fingerprint density at radius 2 is 1.74 bits per heavy atom. The van der Waals surface area contributed by atoms with E-state index in [2.05, 4.69) is 0 Å². The molecular formula is C19H20O4. The maximum Gasteiger partial charge on any atom is 0.156 e. The van der Waals surface area contributed by atoms with Crippen molar-refractivity contribution in [1.29, 1.82) is 0 Å². The summed E-state index contributed by atoms with van der Waals surface area (Å²) in [6.07, 6.45) is 2.55. The van der Waals surface area contributed by atoms with Crippen LogP contribution >= 0.6 is 0 Å². The second kappa shape index (κ2) is 7.31. The van der Waals surface area contributed by atoms with Gasteiger partial charge in [-0.2, -0.15) is 0 Å². The molecule has 0 aliphatic carbocycles. The molecule has 1 fully saturated rings. The molecule has 0 bridgehead atoms. The highest BCUT2D eigenvalue weighted by atomic mass is 16.6. The number of rotatable bonds is 5. The Hall–Kier alpha value is -2.30. The van der Waals surface area contributed by atoms with Crippen LogP contribution in [-0.4, -0.2) is 37.1 Å². The summed E-state index contributed by atoms with van der Waals surface area (Å²) < 4.78 is 16.7. The Morgan fingerprint density at radius 1 is 1.04 bits per heavy atom. The van der Waals surface area contributed by atoms with E-state index in [0.717, 1.165) is 11.3 Å². The molecule has 1 heterocycles. The molecule has 4 nitrogen and oxygen atoms in total. The third-order valence-corrected chi connectivity index (χ3v) is 3.77. The van der Waals surface area contributed by atoms with Gasteiger partial charge in [-0.1, -0.05) is 42.5 Å². The molecule has 0 unspecified atom stereocenters. The van der Waals surface area contributed by atoms with Gasteiger partial charge in [-0.3, -0.25) is 0 Å². The van der Waals surface area contributed by atoms with Crippen LogP contribution in [0.4, 0.5) is 0 Å². The number of ether oxygens (including phenoxy) is 3. The van der Waals surface area contributed by atoms with Crippen molar-refractivity contribution in [3.63, 3.8) is 0 Å². The van der Waals surface area contributed by atoms with Gasteiger partial charge >= 0.3 is 0 Å². The van der Waals surface area contributed by atoms with Gasteiger partial charge in [0.2, 0.25) is 0 Å². The Labute approximate surface area is 135 Å². The number of methoxy groups -OCH3 is 1. The fourth-order valence-electron chi connectivity index (χ4n) is 2.51. The zero-order chi connectivity index (χ0) is 16.1. The molecule has 1 aliphatic heterocycles. The summed E-state index contributed by atoms with van der Waals surface area (Å²) in [5.74, 6) is 1.44. The SMILES string of the molecule is COc1ccc(O[C@@H]2[C@H](O)CO[C@@H]2C=Cc2ccccc2)cc1. The summed E-state index contributed by atoms with van der Waals surface area (Å²) in [5, 5.41) is 10.1. The quantitative estimate of drug-likeness (QED) is 0.922. The Kier molecular flexibility index (Phi) is 4.95. The van der Waals surface area contributed by atoms with Gasteiger partial charge in [-0.05, 0) is 29.8 Å². The monoisotopic (exact) mass is 312 g/mol. The van der Waals surface area contributed by atoms with E-state index in [9.17, 15) is 5.11 Å². The molecule has 4 heteroatoms. The molecule has 0 aromatic heterocycles. The fraction of sp³-hybridized carbons (Fsp3) is 0.263. The van der Waals surface area contributed by atoms with Crippen molar-refractivity contribution in [2.75, 3.05) is 13.7 Å². The van der Waals surface area contributed by atoms with Crippen molar-refractivity contribution in [1.82, 2.24) is 0 Å². The topological polar surface area (TPSA) is 47.9 Å². The first-order chi connectivity index (χ1) is 11.3. The molecule has 0 saturated carbocycles. The fourth-order valence-corrected chi connectivity index (χ4v) is 2.51. The highest BCUT2D eigenvalue weighted by Gasteiger charge is 2.36. The maximum atomic E-state index is 10.1. The van der Waals surface area contributed by atoms with E-state index >= 15 is 0 Å². The lowest BCUT2D eigenvalue weighted by atomic mass is 10.1. The highest BCUT2D eigenvalue weighted by molar-refractivity contribution is 5.49. The van der Waals surface area contributed by atoms with Crippen molar-refractivity contribution < 1.29 is 19.3 Å². The van der Waals surface area contributed by atoms with Gasteiger partial charge in [0.05, 0.1) is 13.7 Å². The lowest BCUT2D eigenvalue weighted by molar-refractivity contribution is 0.0612. The van der Waals surface area contributed by atoms with Crippen molar-refractivity contribution in [3.05, 3.63) is 66.2 Å². The molecule has 1 saturated heterocycles. The Morgan fingerprint density at radius 3 is 2.43 bits per heavy atom. The summed E-state index contributed by atoms with van der Waals surface area (Å²) in [6.45, 7) is 0.268. The van der Waals surface area contributed by atoms with Crippen molar-refractivity contribution in [2.24, 2.45) is 0 Å². The van der Waals surface area contributed by atoms with Crippen LogP contribution < -0.4 is 9.47 Å². The maximum absolute atomic E-state index is 10.1. The van der Waals surface area contributed by atoms with Crippen molar-refractivity contribution in [3.8, 4) is 11.5 Å². The van der Waals surface area contributed by atoms with Crippen LogP contribution in [0, 0.1) is 0 Å². The van der Waals surface area contributed by atoms with Crippen LogP contribution in [0.1, 0.15) is 5.56 Å². The van der Waals surface area contributed by atoms with Gasteiger partial charge in [0.15, 0.2) is 6.10 Å². The average molecular weight is 312 g/mol. The molecule has 0 spiro atoms. The minimum absolute atomic E-state index is 0.268. The first-order valence-electron chi connectivity index (χ1n) is 7.60. The standard InChI is InChI=1S/C19H20O4/c1-21-15-8-10-16(11-9-15)23-19-17(20)13-22-18(19)12-7-14-5-3-2-4-6-14/h2-12,17-20H,13H2,1H3/t17-,18-,19-/m1/s1. The normalized spacial score (nSPS) is 24.0. The van der Waals surface area contributed by atoms with Gasteiger partial charge in [0.1, 0.15) is 23.7 Å². The number of benzene rings is 2. The largest absolute Gasteiger partial charge is 0.497 e. The Bertz CT molecular complexity index is 636. The number of hydrogen-bond acceptors (Lipinski definition) is 4. The molecule has 2 aromatic rings. The lowest BCUT2D eigenvalue weighted by Crippen LogP contribution is -2.34. The van der Waals surface area contributed by atoms with Crippen LogP contribution in [0.5, 0.6) is 11.5 Å². The molecule has 1 aliphatic rings. The van der Waals surface area contributed by atoms with Gasteiger partial charge in [0, 0.05) is 0 Å². The first-order valence-corrected chi connectivity index (χ1v) is 7.60. The van der Waals surface area contributed by atoms with E-state index in [1.165, 1.54) is 0 Å². The van der Waals surface area contributed by atoms with Crippen molar-refractivity contribution in [2.45, 2.75) is 18.3 Å². The molecule has 120 valence electrons. The first kappa shape index (κ1) is 15.6. The molecular weight excluding hydrogens is 292 g/mol. The van der Waals surface area contributed by atoms with Crippen LogP contribution in [0.3, 0.4) is 0 Å². The summed E-state index contributed by atoms with van der Waals surface area (Å²) in [6, 6.07) is 17.3. The van der Waals surface area contributed by atoms with Gasteiger partial charge in [0.25, 0.3) is 0 Å². The molecule has 2 aromatic carbocycles. The van der Waals surface area contributed by atoms with Crippen LogP contribution in [-0.2, 0) is 4.74 Å². The third kappa shape index (κ3) is 3.92. The minimum Gasteiger partial charge on any atom is -0.497 e. The van der Waals surface area contributed by atoms with Gasteiger partial charge in [-0.25, -0.2) is 0 Å². The van der Waals surface area contributed by atoms with Gasteiger partial charge < -0.3 is 19.3 Å². The Balaban J connectivity index is 1.69. The number of aliphatic hydroxyl groups is 1. The smallest absolute Gasteiger partial charge is 0.156 e. The zero-order valence-corrected chi connectivity index (χ0v) is 13.0. The second-order valence-corrected chi connectivity index (χ2v) is 5.39. The van der Waals surface area contributed by atoms with E-state index in [1.807, 2.05) is 66.7 Å². The highest BCUT2D eigenvalue weighted by Crippen LogP contribution is 2.25. The van der Waals surface area contributed by atoms with E-state index in [4.69, 9.17) is 14.2 Å². The summed E-state index contributed by atoms with van der Waals surface area (Å²) in [4.78, 5) is 0. The average Bonchev–Trinajstić information content (AvgIpc) is 2.95. The molecule has 0 radical (unpaired) electrons. The third-order valence-electron chi connectivity index (χ3n) is 3.77. The molecule has 0 amide bonds. The molecule has 3 rings (SSSR count). The van der Waals surface area contributed by atoms with Crippen LogP contribution in [0.15, 0.2) is 60.7 Å². The van der Waals surface area contributed by atoms with E-state index < -0.39 is 12.2 Å². The summed E-state index contributed by atoms with van der Waals surface area (Å²) in [7, 11) is 1.62. The van der Waals surface area contributed by atoms with E-state index in [1.54, 1.807) is 7.11 Å². The predicted octanol–water partition coefficient (Wildman–Crippen LogP) is 2.92. The minimum atomic E-state index is -0.650. The molecule has 23 heavy (non-hydrogen) atoms. The lowest BCUT2D eigenvalue weighted by Gasteiger charge is -2.20. The van der Waals surface area contributed by atoms with Crippen LogP contribution in [0.2, 0.25) is 0 Å². The summed E-state index contributed by atoms with van der Waals surface area (Å²) in [5.41, 5.74) is 1.08. The summed E-state index contributed by atoms with van der Waals surface area (Å²) >= 11 is 0. The van der Waals surface area contributed by atoms with Crippen LogP contribution in [0.25, 0.3) is 6.08 Å².